The smallest absolute Gasteiger partial charge is 0.395 e. The molecule has 0 amide bonds. The first kappa shape index (κ1) is 32.2. The van der Waals surface area contributed by atoms with Crippen molar-refractivity contribution in [1.82, 2.24) is 0 Å². The van der Waals surface area contributed by atoms with Crippen molar-refractivity contribution in [2.45, 2.75) is 103 Å². The van der Waals surface area contributed by atoms with Gasteiger partial charge < -0.3 is 27.3 Å². The molecule has 37 heavy (non-hydrogen) atoms. The van der Waals surface area contributed by atoms with Crippen LogP contribution in [0.3, 0.4) is 0 Å². The minimum absolute atomic E-state index is 0. The van der Waals surface area contributed by atoms with Gasteiger partial charge in [0.05, 0.1) is 18.3 Å². The molecule has 0 aliphatic heterocycles. The molecule has 0 aromatic carbocycles. The molecular weight excluding hydrogens is 507 g/mol. The number of hydrogen-bond acceptors (Lipinski definition) is 7. The molecule has 210 valence electrons. The number of fused-ring (bicyclic) bond motifs is 5. The van der Waals surface area contributed by atoms with Crippen molar-refractivity contribution in [3.05, 3.63) is 6.92 Å². The van der Waals surface area contributed by atoms with Gasteiger partial charge >= 0.3 is 40.0 Å². The Morgan fingerprint density at radius 1 is 1.03 bits per heavy atom. The van der Waals surface area contributed by atoms with Crippen molar-refractivity contribution in [2.24, 2.45) is 52.3 Å². The van der Waals surface area contributed by atoms with Gasteiger partial charge in [-0.05, 0) is 104 Å². The molecule has 8 nitrogen and oxygen atoms in total. The van der Waals surface area contributed by atoms with Crippen molar-refractivity contribution in [3.8, 4) is 0 Å². The van der Waals surface area contributed by atoms with Gasteiger partial charge in [0.15, 0.2) is 0 Å². The minimum atomic E-state index is -4.57. The summed E-state index contributed by atoms with van der Waals surface area (Å²) in [6, 6.07) is 0. The SMILES string of the molecule is [CH2-]C(COS(=O)(=O)O)C(O)CC[C@@H](C)[C@H]1CC[C@H]2[C@@H]3[C@H](O)CC4C[C@H](O)CC[C@]4(C)[C@H]3C[C@H](O)[C@]12C.[Na+]. The fourth-order valence-electron chi connectivity index (χ4n) is 9.29. The van der Waals surface area contributed by atoms with Crippen LogP contribution >= 0.6 is 0 Å². The zero-order valence-electron chi connectivity index (χ0n) is 23.0. The van der Waals surface area contributed by atoms with Crippen LogP contribution in [0, 0.1) is 59.2 Å². The molecule has 0 radical (unpaired) electrons. The quantitative estimate of drug-likeness (QED) is 0.160. The number of rotatable bonds is 8. The summed E-state index contributed by atoms with van der Waals surface area (Å²) in [5.41, 5.74) is -0.256. The Morgan fingerprint density at radius 2 is 1.70 bits per heavy atom. The number of aliphatic hydroxyl groups excluding tert-OH is 4. The summed E-state index contributed by atoms with van der Waals surface area (Å²) in [6.07, 6.45) is 5.01. The van der Waals surface area contributed by atoms with Gasteiger partial charge in [0.2, 0.25) is 0 Å². The molecule has 4 aliphatic carbocycles. The van der Waals surface area contributed by atoms with Crippen LogP contribution in [0.4, 0.5) is 0 Å². The summed E-state index contributed by atoms with van der Waals surface area (Å²) < 4.78 is 34.7. The van der Waals surface area contributed by atoms with E-state index in [0.29, 0.717) is 25.2 Å². The van der Waals surface area contributed by atoms with E-state index in [2.05, 4.69) is 31.9 Å². The molecule has 4 saturated carbocycles. The van der Waals surface area contributed by atoms with Crippen LogP contribution in [0.25, 0.3) is 0 Å². The second-order valence-corrected chi connectivity index (χ2v) is 14.2. The van der Waals surface area contributed by atoms with E-state index in [9.17, 15) is 28.8 Å². The van der Waals surface area contributed by atoms with Crippen LogP contribution in [0.2, 0.25) is 0 Å². The summed E-state index contributed by atoms with van der Waals surface area (Å²) in [6.45, 7) is 10.1. The summed E-state index contributed by atoms with van der Waals surface area (Å²) >= 11 is 0. The molecule has 4 fully saturated rings. The van der Waals surface area contributed by atoms with Crippen molar-refractivity contribution in [1.29, 1.82) is 0 Å². The van der Waals surface area contributed by atoms with Gasteiger partial charge in [-0.3, -0.25) is 8.74 Å². The standard InChI is InChI=1S/C27H47O8S.Na/c1-15(5-8-22(29)16(2)14-35-36(32,33)34)19-6-7-20-25-21(13-24(31)27(19,20)4)26(3)10-9-18(28)11-17(26)12-23(25)30;/h15-25,28-31H,2,5-14H2,1,3-4H3,(H,32,33,34);/q-1;+1/t15-,16?,17?,18-,19-,20+,21+,22?,23-,24+,25+,26+,27-;/m1./s1. The molecule has 3 unspecified atom stereocenters. The predicted octanol–water partition coefficient (Wildman–Crippen LogP) is -0.00131. The van der Waals surface area contributed by atoms with E-state index in [4.69, 9.17) is 4.55 Å². The molecule has 0 bridgehead atoms. The molecule has 4 rings (SSSR count). The van der Waals surface area contributed by atoms with E-state index in [1.165, 1.54) is 0 Å². The Bertz CT molecular complexity index is 888. The second kappa shape index (κ2) is 11.9. The Kier molecular flexibility index (Phi) is 10.4. The van der Waals surface area contributed by atoms with Crippen molar-refractivity contribution >= 4 is 10.4 Å². The van der Waals surface area contributed by atoms with Gasteiger partial charge in [0, 0.05) is 12.7 Å². The normalized spacial score (nSPS) is 46.1. The first-order valence-electron chi connectivity index (χ1n) is 13.9. The van der Waals surface area contributed by atoms with Gasteiger partial charge in [-0.1, -0.05) is 20.8 Å². The maximum atomic E-state index is 11.7. The van der Waals surface area contributed by atoms with Crippen LogP contribution in [0.5, 0.6) is 0 Å². The molecule has 5 N–H and O–H groups in total. The molecule has 10 heteroatoms. The van der Waals surface area contributed by atoms with Crippen LogP contribution in [0.1, 0.15) is 78.6 Å². The summed E-state index contributed by atoms with van der Waals surface area (Å²) in [4.78, 5) is 0. The van der Waals surface area contributed by atoms with E-state index in [1.54, 1.807) is 0 Å². The second-order valence-electron chi connectivity index (χ2n) is 13.1. The summed E-state index contributed by atoms with van der Waals surface area (Å²) in [5.74, 6) is 0.765. The third kappa shape index (κ3) is 6.16. The molecular formula is C27H47NaO8S. The summed E-state index contributed by atoms with van der Waals surface area (Å²) in [5, 5.41) is 43.8. The fourth-order valence-corrected chi connectivity index (χ4v) is 9.63. The van der Waals surface area contributed by atoms with E-state index >= 15 is 0 Å². The maximum absolute atomic E-state index is 11.7. The first-order valence-corrected chi connectivity index (χ1v) is 15.2. The Balaban J connectivity index is 0.00000380. The van der Waals surface area contributed by atoms with Crippen LogP contribution < -0.4 is 29.6 Å². The van der Waals surface area contributed by atoms with Gasteiger partial charge in [0.1, 0.15) is 0 Å². The van der Waals surface area contributed by atoms with Gasteiger partial charge in [-0.2, -0.15) is 8.42 Å². The van der Waals surface area contributed by atoms with Crippen molar-refractivity contribution in [3.63, 3.8) is 0 Å². The van der Waals surface area contributed by atoms with Crippen LogP contribution in [-0.2, 0) is 14.6 Å². The Morgan fingerprint density at radius 3 is 2.35 bits per heavy atom. The molecule has 0 aromatic heterocycles. The first-order chi connectivity index (χ1) is 16.7. The summed E-state index contributed by atoms with van der Waals surface area (Å²) in [7, 11) is -4.57. The number of hydrogen-bond donors (Lipinski definition) is 5. The zero-order chi connectivity index (χ0) is 26.6. The monoisotopic (exact) mass is 554 g/mol. The maximum Gasteiger partial charge on any atom is 1.00 e. The van der Waals surface area contributed by atoms with E-state index < -0.39 is 34.6 Å². The average molecular weight is 555 g/mol. The molecule has 0 heterocycles. The minimum Gasteiger partial charge on any atom is -0.395 e. The van der Waals surface area contributed by atoms with E-state index in [0.717, 1.165) is 38.5 Å². The third-order valence-electron chi connectivity index (χ3n) is 11.4. The molecule has 4 aliphatic rings. The van der Waals surface area contributed by atoms with E-state index in [1.807, 2.05) is 0 Å². The zero-order valence-corrected chi connectivity index (χ0v) is 25.8. The van der Waals surface area contributed by atoms with Gasteiger partial charge in [-0.15, -0.1) is 5.92 Å². The van der Waals surface area contributed by atoms with Crippen LogP contribution in [0.15, 0.2) is 0 Å². The largest absolute Gasteiger partial charge is 1.00 e. The van der Waals surface area contributed by atoms with Crippen LogP contribution in [-0.4, -0.2) is 64.4 Å². The van der Waals surface area contributed by atoms with Crippen molar-refractivity contribution < 1.29 is 67.1 Å². The average Bonchev–Trinajstić information content (AvgIpc) is 3.15. The molecule has 0 saturated heterocycles. The molecule has 0 spiro atoms. The van der Waals surface area contributed by atoms with E-state index in [-0.39, 0.29) is 82.7 Å². The Labute approximate surface area is 245 Å². The predicted molar refractivity (Wildman–Crippen MR) is 135 cm³/mol. The van der Waals surface area contributed by atoms with Gasteiger partial charge in [-0.25, -0.2) is 0 Å². The topological polar surface area (TPSA) is 145 Å². The third-order valence-corrected chi connectivity index (χ3v) is 11.8. The Hall–Kier alpha value is 0.710. The van der Waals surface area contributed by atoms with Gasteiger partial charge in [0.25, 0.3) is 0 Å². The number of aliphatic hydroxyl groups is 4. The molecule has 0 aromatic rings. The molecule has 13 atom stereocenters. The fraction of sp³-hybridized carbons (Fsp3) is 0.963. The van der Waals surface area contributed by atoms with Crippen molar-refractivity contribution in [2.75, 3.05) is 6.61 Å².